The van der Waals surface area contributed by atoms with Gasteiger partial charge in [-0.1, -0.05) is 18.2 Å². The summed E-state index contributed by atoms with van der Waals surface area (Å²) >= 11 is 0. The predicted octanol–water partition coefficient (Wildman–Crippen LogP) is 1.89. The molecule has 0 fully saturated rings. The Morgan fingerprint density at radius 1 is 1.05 bits per heavy atom. The third kappa shape index (κ3) is 3.27. The molecule has 2 aromatic carbocycles. The third-order valence-corrected chi connectivity index (χ3v) is 3.59. The van der Waals surface area contributed by atoms with E-state index in [0.29, 0.717) is 24.4 Å². The zero-order valence-electron chi connectivity index (χ0n) is 12.9. The van der Waals surface area contributed by atoms with Crippen molar-refractivity contribution in [1.82, 2.24) is 0 Å². The summed E-state index contributed by atoms with van der Waals surface area (Å²) in [5.74, 6) is 0.389. The fraction of sp³-hybridized carbons (Fsp3) is 0.235. The summed E-state index contributed by atoms with van der Waals surface area (Å²) in [6.07, 6.45) is 0. The number of benzene rings is 2. The molecular formula is C17H21N3O2. The number of hydrogen-bond acceptors (Lipinski definition) is 4. The first kappa shape index (κ1) is 16.0. The third-order valence-electron chi connectivity index (χ3n) is 3.59. The lowest BCUT2D eigenvalue weighted by Crippen LogP contribution is -2.27. The van der Waals surface area contributed by atoms with Gasteiger partial charge >= 0.3 is 0 Å². The van der Waals surface area contributed by atoms with Gasteiger partial charge < -0.3 is 21.1 Å². The molecule has 0 heterocycles. The fourth-order valence-corrected chi connectivity index (χ4v) is 2.20. The second kappa shape index (κ2) is 7.06. The van der Waals surface area contributed by atoms with Crippen LogP contribution in [-0.4, -0.2) is 20.1 Å². The van der Waals surface area contributed by atoms with E-state index in [1.54, 1.807) is 31.2 Å². The maximum absolute atomic E-state index is 12.7. The van der Waals surface area contributed by atoms with E-state index in [4.69, 9.17) is 16.2 Å². The number of anilines is 1. The van der Waals surface area contributed by atoms with Crippen LogP contribution < -0.4 is 21.1 Å². The molecule has 2 aromatic rings. The van der Waals surface area contributed by atoms with Crippen molar-refractivity contribution < 1.29 is 9.53 Å². The number of carbonyl (C=O) groups is 1. The summed E-state index contributed by atoms with van der Waals surface area (Å²) in [5, 5.41) is 0. The number of carbonyl (C=O) groups excluding carboxylic acids is 1. The molecule has 0 atom stereocenters. The van der Waals surface area contributed by atoms with Crippen LogP contribution in [0.2, 0.25) is 0 Å². The standard InChI is InChI=1S/C17H21N3O2/c1-20(14-6-3-12(10-18)4-7-14)17(21)15-9-13(11-19)5-8-16(15)22-2/h3-9H,10-11,18-19H2,1-2H3. The maximum atomic E-state index is 12.7. The smallest absolute Gasteiger partial charge is 0.261 e. The van der Waals surface area contributed by atoms with Gasteiger partial charge in [-0.15, -0.1) is 0 Å². The van der Waals surface area contributed by atoms with Crippen LogP contribution in [0.1, 0.15) is 21.5 Å². The van der Waals surface area contributed by atoms with Crippen LogP contribution in [0, 0.1) is 0 Å². The van der Waals surface area contributed by atoms with Gasteiger partial charge in [0.15, 0.2) is 0 Å². The van der Waals surface area contributed by atoms with Gasteiger partial charge in [-0.25, -0.2) is 0 Å². The van der Waals surface area contributed by atoms with Gasteiger partial charge in [-0.3, -0.25) is 4.79 Å². The summed E-state index contributed by atoms with van der Waals surface area (Å²) in [5.41, 5.74) is 14.4. The molecular weight excluding hydrogens is 278 g/mol. The molecule has 2 rings (SSSR count). The molecule has 0 unspecified atom stereocenters. The van der Waals surface area contributed by atoms with Crippen LogP contribution in [0.5, 0.6) is 5.75 Å². The second-order valence-corrected chi connectivity index (χ2v) is 4.97. The van der Waals surface area contributed by atoms with Crippen LogP contribution in [0.3, 0.4) is 0 Å². The van der Waals surface area contributed by atoms with Crippen molar-refractivity contribution >= 4 is 11.6 Å². The van der Waals surface area contributed by atoms with Gasteiger partial charge in [0.25, 0.3) is 5.91 Å². The normalized spacial score (nSPS) is 10.4. The lowest BCUT2D eigenvalue weighted by Gasteiger charge is -2.19. The van der Waals surface area contributed by atoms with E-state index >= 15 is 0 Å². The highest BCUT2D eigenvalue weighted by Crippen LogP contribution is 2.24. The highest BCUT2D eigenvalue weighted by Gasteiger charge is 2.18. The van der Waals surface area contributed by atoms with Gasteiger partial charge in [-0.05, 0) is 35.4 Å². The molecule has 116 valence electrons. The van der Waals surface area contributed by atoms with Gasteiger partial charge in [-0.2, -0.15) is 0 Å². The van der Waals surface area contributed by atoms with Crippen molar-refractivity contribution in [2.45, 2.75) is 13.1 Å². The zero-order chi connectivity index (χ0) is 16.1. The Balaban J connectivity index is 2.33. The zero-order valence-corrected chi connectivity index (χ0v) is 12.9. The highest BCUT2D eigenvalue weighted by molar-refractivity contribution is 6.07. The number of amides is 1. The molecule has 0 aromatic heterocycles. The summed E-state index contributed by atoms with van der Waals surface area (Å²) in [6, 6.07) is 13.0. The van der Waals surface area contributed by atoms with E-state index in [2.05, 4.69) is 0 Å². The number of nitrogens with two attached hydrogens (primary N) is 2. The molecule has 1 amide bonds. The van der Waals surface area contributed by atoms with E-state index in [1.165, 1.54) is 0 Å². The average Bonchev–Trinajstić information content (AvgIpc) is 2.59. The van der Waals surface area contributed by atoms with Crippen molar-refractivity contribution in [2.75, 3.05) is 19.1 Å². The largest absolute Gasteiger partial charge is 0.496 e. The maximum Gasteiger partial charge on any atom is 0.261 e. The molecule has 0 radical (unpaired) electrons. The van der Waals surface area contributed by atoms with Gasteiger partial charge in [0, 0.05) is 25.8 Å². The Morgan fingerprint density at radius 2 is 1.64 bits per heavy atom. The minimum absolute atomic E-state index is 0.146. The lowest BCUT2D eigenvalue weighted by molar-refractivity contribution is 0.0990. The average molecular weight is 299 g/mol. The minimum atomic E-state index is -0.146. The SMILES string of the molecule is COc1ccc(CN)cc1C(=O)N(C)c1ccc(CN)cc1. The molecule has 4 N–H and O–H groups in total. The first-order valence-electron chi connectivity index (χ1n) is 7.04. The van der Waals surface area contributed by atoms with Crippen molar-refractivity contribution in [1.29, 1.82) is 0 Å². The molecule has 0 saturated heterocycles. The van der Waals surface area contributed by atoms with E-state index in [0.717, 1.165) is 16.8 Å². The van der Waals surface area contributed by atoms with Gasteiger partial charge in [0.05, 0.1) is 12.7 Å². The Labute approximate surface area is 130 Å². The first-order valence-corrected chi connectivity index (χ1v) is 7.04. The van der Waals surface area contributed by atoms with Crippen LogP contribution in [0.25, 0.3) is 0 Å². The molecule has 5 heteroatoms. The number of hydrogen-bond donors (Lipinski definition) is 2. The lowest BCUT2D eigenvalue weighted by atomic mass is 10.1. The Bertz CT molecular complexity index is 653. The van der Waals surface area contributed by atoms with Crippen LogP contribution >= 0.6 is 0 Å². The van der Waals surface area contributed by atoms with Crippen molar-refractivity contribution in [3.05, 3.63) is 59.2 Å². The Morgan fingerprint density at radius 3 is 2.18 bits per heavy atom. The number of nitrogens with zero attached hydrogens (tertiary/aromatic N) is 1. The predicted molar refractivity (Wildman–Crippen MR) is 88.0 cm³/mol. The Kier molecular flexibility index (Phi) is 5.14. The first-order chi connectivity index (χ1) is 10.6. The van der Waals surface area contributed by atoms with Crippen LogP contribution in [-0.2, 0) is 13.1 Å². The van der Waals surface area contributed by atoms with Crippen molar-refractivity contribution in [3.8, 4) is 5.75 Å². The molecule has 22 heavy (non-hydrogen) atoms. The minimum Gasteiger partial charge on any atom is -0.496 e. The van der Waals surface area contributed by atoms with E-state index in [-0.39, 0.29) is 5.91 Å². The molecule has 0 spiro atoms. The van der Waals surface area contributed by atoms with Crippen molar-refractivity contribution in [2.24, 2.45) is 11.5 Å². The molecule has 0 saturated carbocycles. The molecule has 0 aliphatic heterocycles. The van der Waals surface area contributed by atoms with E-state index < -0.39 is 0 Å². The molecule has 5 nitrogen and oxygen atoms in total. The molecule has 0 aliphatic carbocycles. The monoisotopic (exact) mass is 299 g/mol. The van der Waals surface area contributed by atoms with Gasteiger partial charge in [0.1, 0.15) is 5.75 Å². The summed E-state index contributed by atoms with van der Waals surface area (Å²) in [4.78, 5) is 14.3. The topological polar surface area (TPSA) is 81.6 Å². The number of ether oxygens (including phenoxy) is 1. The Hall–Kier alpha value is -2.37. The summed E-state index contributed by atoms with van der Waals surface area (Å²) in [7, 11) is 3.28. The molecule has 0 aliphatic rings. The highest BCUT2D eigenvalue weighted by atomic mass is 16.5. The second-order valence-electron chi connectivity index (χ2n) is 4.97. The summed E-state index contributed by atoms with van der Waals surface area (Å²) in [6.45, 7) is 0.851. The number of rotatable bonds is 5. The number of methoxy groups -OCH3 is 1. The van der Waals surface area contributed by atoms with Crippen LogP contribution in [0.4, 0.5) is 5.69 Å². The van der Waals surface area contributed by atoms with E-state index in [9.17, 15) is 4.79 Å². The quantitative estimate of drug-likeness (QED) is 0.883. The molecule has 0 bridgehead atoms. The summed E-state index contributed by atoms with van der Waals surface area (Å²) < 4.78 is 5.28. The van der Waals surface area contributed by atoms with Crippen molar-refractivity contribution in [3.63, 3.8) is 0 Å². The van der Waals surface area contributed by atoms with Gasteiger partial charge in [0.2, 0.25) is 0 Å². The fourth-order valence-electron chi connectivity index (χ4n) is 2.20. The van der Waals surface area contributed by atoms with E-state index in [1.807, 2.05) is 30.3 Å². The van der Waals surface area contributed by atoms with Crippen LogP contribution in [0.15, 0.2) is 42.5 Å².